The summed E-state index contributed by atoms with van der Waals surface area (Å²) in [5.74, 6) is 0.0819. The number of carbonyl (C=O) groups is 2. The van der Waals surface area contributed by atoms with Crippen LogP contribution < -0.4 is 0 Å². The predicted molar refractivity (Wildman–Crippen MR) is 163 cm³/mol. The molecule has 0 aromatic rings. The van der Waals surface area contributed by atoms with Gasteiger partial charge in [0.05, 0.1) is 33.6 Å². The number of quaternary nitrogens is 1. The van der Waals surface area contributed by atoms with Crippen LogP contribution in [0.4, 0.5) is 0 Å². The summed E-state index contributed by atoms with van der Waals surface area (Å²) in [6.45, 7) is 5.43. The number of unbranched alkanes of at least 4 members (excludes halogenated alkanes) is 20. The zero-order chi connectivity index (χ0) is 27.6. The van der Waals surface area contributed by atoms with Gasteiger partial charge < -0.3 is 4.48 Å². The molecule has 0 rings (SSSR count). The van der Waals surface area contributed by atoms with Crippen LogP contribution in [0.5, 0.6) is 0 Å². The third-order valence-corrected chi connectivity index (χ3v) is 7.92. The van der Waals surface area contributed by atoms with E-state index in [-0.39, 0.29) is 17.5 Å². The largest absolute Gasteiger partial charge is 0.331 e. The van der Waals surface area contributed by atoms with Gasteiger partial charge in [0.1, 0.15) is 11.6 Å². The van der Waals surface area contributed by atoms with E-state index in [0.29, 0.717) is 12.8 Å². The SMILES string of the molecule is CCCCCCCCCCCCCC(=O)C(CC[N+](C)(C)C)C(=O)CCCCCCCCCCCCC. The molecule has 0 saturated heterocycles. The first-order valence-corrected chi connectivity index (χ1v) is 16.7. The third-order valence-electron chi connectivity index (χ3n) is 7.92. The lowest BCUT2D eigenvalue weighted by Gasteiger charge is -2.26. The molecule has 37 heavy (non-hydrogen) atoms. The minimum atomic E-state index is -0.358. The molecule has 0 aliphatic carbocycles. The molecule has 0 aliphatic rings. The maximum absolute atomic E-state index is 13.0. The molecule has 0 bridgehead atoms. The van der Waals surface area contributed by atoms with Crippen molar-refractivity contribution in [3.63, 3.8) is 0 Å². The molecular formula is C34H68NO2+. The Hall–Kier alpha value is -0.700. The van der Waals surface area contributed by atoms with Crippen LogP contribution in [0.15, 0.2) is 0 Å². The highest BCUT2D eigenvalue weighted by Gasteiger charge is 2.27. The zero-order valence-electron chi connectivity index (χ0n) is 26.2. The minimum absolute atomic E-state index is 0.220. The molecular weight excluding hydrogens is 454 g/mol. The van der Waals surface area contributed by atoms with Gasteiger partial charge in [-0.1, -0.05) is 142 Å². The van der Waals surface area contributed by atoms with Crippen LogP contribution in [0.3, 0.4) is 0 Å². The van der Waals surface area contributed by atoms with Crippen molar-refractivity contribution in [1.29, 1.82) is 0 Å². The number of hydrogen-bond acceptors (Lipinski definition) is 2. The van der Waals surface area contributed by atoms with Crippen LogP contribution in [0.2, 0.25) is 0 Å². The van der Waals surface area contributed by atoms with Crippen LogP contribution in [-0.4, -0.2) is 43.7 Å². The molecule has 220 valence electrons. The molecule has 0 spiro atoms. The number of hydrogen-bond donors (Lipinski definition) is 0. The van der Waals surface area contributed by atoms with Gasteiger partial charge in [0.25, 0.3) is 0 Å². The monoisotopic (exact) mass is 523 g/mol. The lowest BCUT2D eigenvalue weighted by Crippen LogP contribution is -2.38. The van der Waals surface area contributed by atoms with E-state index >= 15 is 0 Å². The molecule has 0 unspecified atom stereocenters. The Kier molecular flexibility index (Phi) is 25.1. The number of nitrogens with zero attached hydrogens (tertiary/aromatic N) is 1. The molecule has 3 heteroatoms. The summed E-state index contributed by atoms with van der Waals surface area (Å²) in [5, 5.41) is 0. The molecule has 0 aliphatic heterocycles. The van der Waals surface area contributed by atoms with Gasteiger partial charge >= 0.3 is 0 Å². The predicted octanol–water partition coefficient (Wildman–Crippen LogP) is 10.2. The average molecular weight is 523 g/mol. The maximum atomic E-state index is 13.0. The van der Waals surface area contributed by atoms with Gasteiger partial charge in [0, 0.05) is 19.3 Å². The van der Waals surface area contributed by atoms with Crippen LogP contribution in [0.1, 0.15) is 174 Å². The Morgan fingerprint density at radius 3 is 1.00 bits per heavy atom. The molecule has 0 fully saturated rings. The molecule has 0 heterocycles. The summed E-state index contributed by atoms with van der Waals surface area (Å²) in [6, 6.07) is 0. The maximum Gasteiger partial charge on any atom is 0.143 e. The van der Waals surface area contributed by atoms with E-state index in [0.717, 1.165) is 43.1 Å². The van der Waals surface area contributed by atoms with Gasteiger partial charge in [0.15, 0.2) is 0 Å². The van der Waals surface area contributed by atoms with Gasteiger partial charge in [-0.05, 0) is 12.8 Å². The fraction of sp³-hybridized carbons (Fsp3) is 0.941. The second kappa shape index (κ2) is 25.6. The first kappa shape index (κ1) is 36.3. The lowest BCUT2D eigenvalue weighted by atomic mass is 9.88. The number of carbonyl (C=O) groups excluding carboxylic acids is 2. The van der Waals surface area contributed by atoms with Crippen molar-refractivity contribution < 1.29 is 14.1 Å². The van der Waals surface area contributed by atoms with Crippen molar-refractivity contribution in [2.24, 2.45) is 5.92 Å². The summed E-state index contributed by atoms with van der Waals surface area (Å²) in [5.41, 5.74) is 0. The summed E-state index contributed by atoms with van der Waals surface area (Å²) in [7, 11) is 6.46. The van der Waals surface area contributed by atoms with E-state index in [4.69, 9.17) is 0 Å². The number of rotatable bonds is 29. The summed E-state index contributed by atoms with van der Waals surface area (Å²) < 4.78 is 0.813. The van der Waals surface area contributed by atoms with E-state index in [1.54, 1.807) is 0 Å². The topological polar surface area (TPSA) is 34.1 Å². The zero-order valence-corrected chi connectivity index (χ0v) is 26.2. The van der Waals surface area contributed by atoms with Crippen molar-refractivity contribution in [1.82, 2.24) is 0 Å². The van der Waals surface area contributed by atoms with Gasteiger partial charge in [0.2, 0.25) is 0 Å². The van der Waals surface area contributed by atoms with Crippen LogP contribution >= 0.6 is 0 Å². The molecule has 0 atom stereocenters. The van der Waals surface area contributed by atoms with Gasteiger partial charge in [-0.25, -0.2) is 0 Å². The van der Waals surface area contributed by atoms with Gasteiger partial charge in [-0.15, -0.1) is 0 Å². The number of Topliss-reactive ketones (excluding diaryl/α,β-unsaturated/α-hetero) is 2. The molecule has 0 N–H and O–H groups in total. The highest BCUT2D eigenvalue weighted by Crippen LogP contribution is 2.19. The van der Waals surface area contributed by atoms with Crippen LogP contribution in [0, 0.1) is 5.92 Å². The minimum Gasteiger partial charge on any atom is -0.331 e. The molecule has 0 aromatic heterocycles. The molecule has 0 amide bonds. The Bertz CT molecular complexity index is 484. The van der Waals surface area contributed by atoms with E-state index in [9.17, 15) is 9.59 Å². The smallest absolute Gasteiger partial charge is 0.143 e. The van der Waals surface area contributed by atoms with Crippen molar-refractivity contribution in [3.05, 3.63) is 0 Å². The average Bonchev–Trinajstić information content (AvgIpc) is 2.85. The second-order valence-electron chi connectivity index (χ2n) is 12.9. The van der Waals surface area contributed by atoms with E-state index in [1.165, 1.54) is 116 Å². The summed E-state index contributed by atoms with van der Waals surface area (Å²) in [6.07, 6.45) is 30.3. The van der Waals surface area contributed by atoms with Crippen LogP contribution in [-0.2, 0) is 9.59 Å². The lowest BCUT2D eigenvalue weighted by molar-refractivity contribution is -0.870. The second-order valence-corrected chi connectivity index (χ2v) is 12.9. The fourth-order valence-corrected chi connectivity index (χ4v) is 5.29. The van der Waals surface area contributed by atoms with Gasteiger partial charge in [-0.3, -0.25) is 9.59 Å². The van der Waals surface area contributed by atoms with E-state index < -0.39 is 0 Å². The summed E-state index contributed by atoms with van der Waals surface area (Å²) in [4.78, 5) is 26.1. The quantitative estimate of drug-likeness (QED) is 0.0556. The van der Waals surface area contributed by atoms with Crippen molar-refractivity contribution in [2.45, 2.75) is 174 Å². The van der Waals surface area contributed by atoms with E-state index in [2.05, 4.69) is 35.0 Å². The third kappa shape index (κ3) is 25.3. The molecule has 0 radical (unpaired) electrons. The summed E-state index contributed by atoms with van der Waals surface area (Å²) >= 11 is 0. The Labute approximate surface area is 233 Å². The number of ketones is 2. The van der Waals surface area contributed by atoms with Crippen molar-refractivity contribution in [3.8, 4) is 0 Å². The first-order valence-electron chi connectivity index (χ1n) is 16.7. The normalized spacial score (nSPS) is 11.9. The Morgan fingerprint density at radius 2 is 0.730 bits per heavy atom. The van der Waals surface area contributed by atoms with Crippen LogP contribution in [0.25, 0.3) is 0 Å². The molecule has 0 saturated carbocycles. The first-order chi connectivity index (χ1) is 17.8. The van der Waals surface area contributed by atoms with Crippen molar-refractivity contribution >= 4 is 11.6 Å². The van der Waals surface area contributed by atoms with E-state index in [1.807, 2.05) is 0 Å². The van der Waals surface area contributed by atoms with Crippen molar-refractivity contribution in [2.75, 3.05) is 27.7 Å². The standard InChI is InChI=1S/C34H68NO2/c1-6-8-10-12-14-16-18-20-22-24-26-28-33(36)32(30-31-35(3,4)5)34(37)29-27-25-23-21-19-17-15-13-11-9-7-2/h32H,6-31H2,1-5H3/q+1. The molecule has 0 aromatic carbocycles. The highest BCUT2D eigenvalue weighted by atomic mass is 16.1. The Morgan fingerprint density at radius 1 is 0.459 bits per heavy atom. The van der Waals surface area contributed by atoms with Gasteiger partial charge in [-0.2, -0.15) is 0 Å². The fourth-order valence-electron chi connectivity index (χ4n) is 5.29. The highest BCUT2D eigenvalue weighted by molar-refractivity contribution is 6.02. The Balaban J connectivity index is 4.09. The molecule has 3 nitrogen and oxygen atoms in total.